The monoisotopic (exact) mass is 165 g/mol. The van der Waals surface area contributed by atoms with E-state index in [1.807, 2.05) is 13.1 Å². The van der Waals surface area contributed by atoms with Gasteiger partial charge in [0.15, 0.2) is 0 Å². The van der Waals surface area contributed by atoms with Gasteiger partial charge in [0, 0.05) is 17.9 Å². The highest BCUT2D eigenvalue weighted by Gasteiger charge is 2.16. The Hall–Kier alpha value is -0.830. The summed E-state index contributed by atoms with van der Waals surface area (Å²) >= 11 is 0. The Kier molecular flexibility index (Phi) is 2.13. The fourth-order valence-corrected chi connectivity index (χ4v) is 1.41. The maximum absolute atomic E-state index is 4.23. The number of hydrogen-bond donors (Lipinski definition) is 2. The number of aromatic amines is 1. The largest absolute Gasteiger partial charge is 0.345 e. The minimum atomic E-state index is 0.746. The molecule has 0 saturated heterocycles. The fourth-order valence-electron chi connectivity index (χ4n) is 1.41. The molecule has 1 heterocycles. The Morgan fingerprint density at radius 1 is 1.67 bits per heavy atom. The average molecular weight is 165 g/mol. The first-order valence-corrected chi connectivity index (χ1v) is 4.58. The summed E-state index contributed by atoms with van der Waals surface area (Å²) in [7, 11) is 0. The summed E-state index contributed by atoms with van der Waals surface area (Å²) in [4.78, 5) is 7.43. The van der Waals surface area contributed by atoms with Crippen molar-refractivity contribution in [3.8, 4) is 0 Å². The average Bonchev–Trinajstić information content (AvgIpc) is 2.32. The molecule has 2 N–H and O–H groups in total. The number of aromatic nitrogens is 2. The quantitative estimate of drug-likeness (QED) is 0.710. The van der Waals surface area contributed by atoms with E-state index in [9.17, 15) is 0 Å². The van der Waals surface area contributed by atoms with E-state index in [-0.39, 0.29) is 0 Å². The zero-order valence-electron chi connectivity index (χ0n) is 7.43. The van der Waals surface area contributed by atoms with E-state index in [1.165, 1.54) is 19.3 Å². The van der Waals surface area contributed by atoms with Gasteiger partial charge in [0.25, 0.3) is 0 Å². The van der Waals surface area contributed by atoms with Gasteiger partial charge in [-0.05, 0) is 19.8 Å². The van der Waals surface area contributed by atoms with Crippen molar-refractivity contribution < 1.29 is 0 Å². The molecule has 1 saturated carbocycles. The summed E-state index contributed by atoms with van der Waals surface area (Å²) in [5, 5.41) is 3.45. The van der Waals surface area contributed by atoms with Gasteiger partial charge < -0.3 is 10.3 Å². The van der Waals surface area contributed by atoms with E-state index < -0.39 is 0 Å². The van der Waals surface area contributed by atoms with Crippen LogP contribution in [-0.4, -0.2) is 16.0 Å². The summed E-state index contributed by atoms with van der Waals surface area (Å²) in [6.45, 7) is 2.92. The molecule has 1 aliphatic rings. The molecule has 66 valence electrons. The van der Waals surface area contributed by atoms with Gasteiger partial charge in [-0.1, -0.05) is 6.42 Å². The molecule has 2 rings (SSSR count). The van der Waals surface area contributed by atoms with Crippen LogP contribution >= 0.6 is 0 Å². The van der Waals surface area contributed by atoms with Gasteiger partial charge >= 0.3 is 0 Å². The number of rotatable bonds is 3. The van der Waals surface area contributed by atoms with Gasteiger partial charge in [0.1, 0.15) is 5.82 Å². The molecule has 0 unspecified atom stereocenters. The zero-order valence-corrected chi connectivity index (χ0v) is 7.43. The van der Waals surface area contributed by atoms with Gasteiger partial charge in [-0.25, -0.2) is 4.98 Å². The highest BCUT2D eigenvalue weighted by atomic mass is 15.0. The summed E-state index contributed by atoms with van der Waals surface area (Å²) in [6, 6.07) is 0.746. The van der Waals surface area contributed by atoms with Crippen LogP contribution in [0.1, 0.15) is 30.8 Å². The summed E-state index contributed by atoms with van der Waals surface area (Å²) in [6.07, 6.45) is 5.92. The van der Waals surface area contributed by atoms with Crippen molar-refractivity contribution in [2.45, 2.75) is 38.8 Å². The van der Waals surface area contributed by atoms with E-state index >= 15 is 0 Å². The highest BCUT2D eigenvalue weighted by molar-refractivity contribution is 4.98. The Balaban J connectivity index is 1.79. The first kappa shape index (κ1) is 7.80. The van der Waals surface area contributed by atoms with Crippen molar-refractivity contribution in [3.63, 3.8) is 0 Å². The van der Waals surface area contributed by atoms with Crippen molar-refractivity contribution >= 4 is 0 Å². The van der Waals surface area contributed by atoms with Crippen LogP contribution in [0.2, 0.25) is 0 Å². The molecule has 1 fully saturated rings. The number of hydrogen-bond acceptors (Lipinski definition) is 2. The summed E-state index contributed by atoms with van der Waals surface area (Å²) < 4.78 is 0. The van der Waals surface area contributed by atoms with Crippen LogP contribution in [-0.2, 0) is 6.54 Å². The molecule has 3 nitrogen and oxygen atoms in total. The van der Waals surface area contributed by atoms with Crippen LogP contribution < -0.4 is 5.32 Å². The van der Waals surface area contributed by atoms with E-state index in [0.29, 0.717) is 0 Å². The van der Waals surface area contributed by atoms with Crippen molar-refractivity contribution in [2.75, 3.05) is 0 Å². The van der Waals surface area contributed by atoms with Gasteiger partial charge in [-0.3, -0.25) is 0 Å². The van der Waals surface area contributed by atoms with Crippen molar-refractivity contribution in [1.82, 2.24) is 15.3 Å². The third kappa shape index (κ3) is 1.67. The lowest BCUT2D eigenvalue weighted by molar-refractivity contribution is 0.335. The Bertz CT molecular complexity index is 250. The number of nitrogens with one attached hydrogen (secondary N) is 2. The van der Waals surface area contributed by atoms with E-state index in [0.717, 1.165) is 24.1 Å². The van der Waals surface area contributed by atoms with Crippen molar-refractivity contribution in [2.24, 2.45) is 0 Å². The molecule has 0 aromatic carbocycles. The second-order valence-corrected chi connectivity index (χ2v) is 3.52. The maximum Gasteiger partial charge on any atom is 0.120 e. The van der Waals surface area contributed by atoms with Gasteiger partial charge in [0.05, 0.1) is 6.54 Å². The van der Waals surface area contributed by atoms with Crippen LogP contribution in [0.15, 0.2) is 6.20 Å². The van der Waals surface area contributed by atoms with Crippen LogP contribution in [0.4, 0.5) is 0 Å². The molecule has 0 radical (unpaired) electrons. The summed E-state index contributed by atoms with van der Waals surface area (Å²) in [5.41, 5.74) is 1.14. The first-order chi connectivity index (χ1) is 5.84. The lowest BCUT2D eigenvalue weighted by Crippen LogP contribution is -2.34. The molecule has 1 aliphatic carbocycles. The predicted octanol–water partition coefficient (Wildman–Crippen LogP) is 1.36. The van der Waals surface area contributed by atoms with Crippen molar-refractivity contribution in [3.05, 3.63) is 17.7 Å². The standard InChI is InChI=1S/C9H15N3/c1-7-5-11-9(12-7)6-10-8-3-2-4-8/h5,8,10H,2-4,6H2,1H3,(H,11,12). The molecular formula is C9H15N3. The second-order valence-electron chi connectivity index (χ2n) is 3.52. The molecule has 1 aromatic heterocycles. The normalized spacial score (nSPS) is 17.8. The summed E-state index contributed by atoms with van der Waals surface area (Å²) in [5.74, 6) is 1.06. The lowest BCUT2D eigenvalue weighted by Gasteiger charge is -2.25. The van der Waals surface area contributed by atoms with E-state index in [4.69, 9.17) is 0 Å². The first-order valence-electron chi connectivity index (χ1n) is 4.58. The molecule has 0 aliphatic heterocycles. The lowest BCUT2D eigenvalue weighted by atomic mass is 9.93. The molecule has 12 heavy (non-hydrogen) atoms. The molecule has 0 bridgehead atoms. The van der Waals surface area contributed by atoms with Gasteiger partial charge in [-0.2, -0.15) is 0 Å². The minimum absolute atomic E-state index is 0.746. The molecule has 1 aromatic rings. The van der Waals surface area contributed by atoms with E-state index in [2.05, 4.69) is 15.3 Å². The fraction of sp³-hybridized carbons (Fsp3) is 0.667. The molecule has 3 heteroatoms. The maximum atomic E-state index is 4.23. The highest BCUT2D eigenvalue weighted by Crippen LogP contribution is 2.18. The number of aryl methyl sites for hydroxylation is 1. The predicted molar refractivity (Wildman–Crippen MR) is 47.8 cm³/mol. The third-order valence-corrected chi connectivity index (χ3v) is 2.42. The van der Waals surface area contributed by atoms with Gasteiger partial charge in [-0.15, -0.1) is 0 Å². The second kappa shape index (κ2) is 3.27. The van der Waals surface area contributed by atoms with Crippen LogP contribution in [0.3, 0.4) is 0 Å². The Morgan fingerprint density at radius 3 is 3.00 bits per heavy atom. The molecular weight excluding hydrogens is 150 g/mol. The van der Waals surface area contributed by atoms with Crippen LogP contribution in [0, 0.1) is 6.92 Å². The Labute approximate surface area is 72.6 Å². The third-order valence-electron chi connectivity index (χ3n) is 2.42. The van der Waals surface area contributed by atoms with E-state index in [1.54, 1.807) is 0 Å². The minimum Gasteiger partial charge on any atom is -0.345 e. The zero-order chi connectivity index (χ0) is 8.39. The smallest absolute Gasteiger partial charge is 0.120 e. The SMILES string of the molecule is Cc1cnc(CNC2CCC2)[nH]1. The molecule has 0 spiro atoms. The molecule has 0 atom stereocenters. The number of H-pyrrole nitrogens is 1. The number of imidazole rings is 1. The topological polar surface area (TPSA) is 40.7 Å². The Morgan fingerprint density at radius 2 is 2.50 bits per heavy atom. The molecule has 0 amide bonds. The van der Waals surface area contributed by atoms with Gasteiger partial charge in [0.2, 0.25) is 0 Å². The van der Waals surface area contributed by atoms with Crippen LogP contribution in [0.25, 0.3) is 0 Å². The van der Waals surface area contributed by atoms with Crippen LogP contribution in [0.5, 0.6) is 0 Å². The number of nitrogens with zero attached hydrogens (tertiary/aromatic N) is 1. The van der Waals surface area contributed by atoms with Crippen molar-refractivity contribution in [1.29, 1.82) is 0 Å².